The number of carboxylic acid groups (broad SMARTS) is 1. The summed E-state index contributed by atoms with van der Waals surface area (Å²) in [5, 5.41) is 12.1. The largest absolute Gasteiger partial charge is 0.495 e. The molecule has 0 radical (unpaired) electrons. The fourth-order valence-electron chi connectivity index (χ4n) is 2.12. The van der Waals surface area contributed by atoms with Gasteiger partial charge >= 0.3 is 5.97 Å². The zero-order valence-corrected chi connectivity index (χ0v) is 15.0. The van der Waals surface area contributed by atoms with Crippen molar-refractivity contribution in [2.45, 2.75) is 13.0 Å². The monoisotopic (exact) mass is 397 g/mol. The molecule has 23 heavy (non-hydrogen) atoms. The summed E-state index contributed by atoms with van der Waals surface area (Å²) in [6.07, 6.45) is 0. The standard InChI is InChI=1S/C16H16BrNO4S/c1-9(16(20)21)13(10-6-4-3-5-7-10)18-15(19)12-8-11(22-2)14(17)23-12/h3-9,13H,1-2H3,(H,18,19)(H,20,21). The normalized spacial score (nSPS) is 13.2. The van der Waals surface area contributed by atoms with Crippen molar-refractivity contribution in [3.8, 4) is 5.75 Å². The number of hydrogen-bond acceptors (Lipinski definition) is 4. The number of aliphatic carboxylic acids is 1. The summed E-state index contributed by atoms with van der Waals surface area (Å²) in [7, 11) is 1.52. The fourth-order valence-corrected chi connectivity index (χ4v) is 3.67. The second-order valence-electron chi connectivity index (χ2n) is 4.94. The Morgan fingerprint density at radius 2 is 1.96 bits per heavy atom. The number of rotatable bonds is 6. The third-order valence-electron chi connectivity index (χ3n) is 3.43. The first-order valence-corrected chi connectivity index (χ1v) is 8.47. The molecule has 5 nitrogen and oxygen atoms in total. The van der Waals surface area contributed by atoms with E-state index in [9.17, 15) is 14.7 Å². The number of thiophene rings is 1. The number of carbonyl (C=O) groups is 2. The molecule has 0 spiro atoms. The van der Waals surface area contributed by atoms with Gasteiger partial charge in [-0.2, -0.15) is 0 Å². The Hall–Kier alpha value is -1.86. The van der Waals surface area contributed by atoms with E-state index < -0.39 is 17.9 Å². The van der Waals surface area contributed by atoms with E-state index in [2.05, 4.69) is 21.2 Å². The highest BCUT2D eigenvalue weighted by atomic mass is 79.9. The SMILES string of the molecule is COc1cc(C(=O)NC(c2ccccc2)C(C)C(=O)O)sc1Br. The van der Waals surface area contributed by atoms with Gasteiger partial charge in [-0.05, 0) is 28.4 Å². The number of carboxylic acids is 1. The van der Waals surface area contributed by atoms with E-state index in [1.54, 1.807) is 25.1 Å². The predicted octanol–water partition coefficient (Wildman–Crippen LogP) is 3.71. The minimum atomic E-state index is -0.968. The molecular weight excluding hydrogens is 382 g/mol. The van der Waals surface area contributed by atoms with Crippen LogP contribution in [0.15, 0.2) is 40.2 Å². The van der Waals surface area contributed by atoms with Crippen LogP contribution in [0.5, 0.6) is 5.75 Å². The Labute approximate surface area is 146 Å². The average Bonchev–Trinajstić information content (AvgIpc) is 2.93. The lowest BCUT2D eigenvalue weighted by atomic mass is 9.94. The summed E-state index contributed by atoms with van der Waals surface area (Å²) < 4.78 is 5.86. The smallest absolute Gasteiger partial charge is 0.308 e. The number of hydrogen-bond donors (Lipinski definition) is 2. The maximum absolute atomic E-state index is 12.5. The molecule has 7 heteroatoms. The molecule has 1 aromatic heterocycles. The number of ether oxygens (including phenoxy) is 1. The van der Waals surface area contributed by atoms with Crippen LogP contribution < -0.4 is 10.1 Å². The molecule has 1 amide bonds. The van der Waals surface area contributed by atoms with Crippen LogP contribution in [0.2, 0.25) is 0 Å². The molecule has 0 saturated heterocycles. The van der Waals surface area contributed by atoms with Gasteiger partial charge in [-0.1, -0.05) is 30.3 Å². The highest BCUT2D eigenvalue weighted by Crippen LogP contribution is 2.34. The fraction of sp³-hybridized carbons (Fsp3) is 0.250. The number of nitrogens with one attached hydrogen (secondary N) is 1. The Morgan fingerprint density at radius 1 is 1.30 bits per heavy atom. The van der Waals surface area contributed by atoms with Gasteiger partial charge in [-0.25, -0.2) is 0 Å². The molecule has 1 heterocycles. The van der Waals surface area contributed by atoms with Crippen LogP contribution in [-0.2, 0) is 4.79 Å². The van der Waals surface area contributed by atoms with Crippen LogP contribution in [0.3, 0.4) is 0 Å². The van der Waals surface area contributed by atoms with Gasteiger partial charge in [0.05, 0.1) is 23.9 Å². The molecular formula is C16H16BrNO4S. The van der Waals surface area contributed by atoms with Crippen LogP contribution in [-0.4, -0.2) is 24.1 Å². The number of carbonyl (C=O) groups excluding carboxylic acids is 1. The van der Waals surface area contributed by atoms with Crippen molar-refractivity contribution >= 4 is 39.1 Å². The van der Waals surface area contributed by atoms with Crippen molar-refractivity contribution in [2.75, 3.05) is 7.11 Å². The molecule has 122 valence electrons. The minimum Gasteiger partial charge on any atom is -0.495 e. The molecule has 0 bridgehead atoms. The number of methoxy groups -OCH3 is 1. The van der Waals surface area contributed by atoms with E-state index in [1.165, 1.54) is 18.4 Å². The molecule has 0 aliphatic carbocycles. The molecule has 0 aliphatic heterocycles. The topological polar surface area (TPSA) is 75.6 Å². The highest BCUT2D eigenvalue weighted by molar-refractivity contribution is 9.11. The van der Waals surface area contributed by atoms with Gasteiger partial charge < -0.3 is 15.2 Å². The van der Waals surface area contributed by atoms with E-state index >= 15 is 0 Å². The van der Waals surface area contributed by atoms with Crippen molar-refractivity contribution in [1.29, 1.82) is 0 Å². The van der Waals surface area contributed by atoms with Crippen LogP contribution >= 0.6 is 27.3 Å². The van der Waals surface area contributed by atoms with Gasteiger partial charge in [0.15, 0.2) is 0 Å². The quantitative estimate of drug-likeness (QED) is 0.778. The van der Waals surface area contributed by atoms with Gasteiger partial charge in [0.2, 0.25) is 0 Å². The van der Waals surface area contributed by atoms with E-state index in [0.29, 0.717) is 14.4 Å². The van der Waals surface area contributed by atoms with Gasteiger partial charge in [-0.3, -0.25) is 9.59 Å². The molecule has 2 rings (SSSR count). The third-order valence-corrected chi connectivity index (χ3v) is 5.21. The highest BCUT2D eigenvalue weighted by Gasteiger charge is 2.27. The first-order valence-electron chi connectivity index (χ1n) is 6.86. The maximum Gasteiger partial charge on any atom is 0.308 e. The van der Waals surface area contributed by atoms with Crippen LogP contribution in [0.4, 0.5) is 0 Å². The summed E-state index contributed by atoms with van der Waals surface area (Å²) in [6.45, 7) is 1.57. The Bertz CT molecular complexity index is 701. The summed E-state index contributed by atoms with van der Waals surface area (Å²) in [5.41, 5.74) is 0.748. The molecule has 1 aromatic carbocycles. The lowest BCUT2D eigenvalue weighted by Crippen LogP contribution is -2.35. The number of amides is 1. The summed E-state index contributed by atoms with van der Waals surface area (Å²) in [5.74, 6) is -1.49. The Morgan fingerprint density at radius 3 is 2.48 bits per heavy atom. The number of benzene rings is 1. The van der Waals surface area contributed by atoms with E-state index in [0.717, 1.165) is 5.56 Å². The van der Waals surface area contributed by atoms with Gasteiger partial charge in [0.1, 0.15) is 9.54 Å². The van der Waals surface area contributed by atoms with Crippen molar-refractivity contribution in [3.05, 3.63) is 50.6 Å². The molecule has 2 N–H and O–H groups in total. The zero-order chi connectivity index (χ0) is 17.0. The maximum atomic E-state index is 12.5. The Kier molecular flexibility index (Phi) is 5.79. The average molecular weight is 398 g/mol. The predicted molar refractivity (Wildman–Crippen MR) is 92.0 cm³/mol. The van der Waals surface area contributed by atoms with Gasteiger partial charge in [-0.15, -0.1) is 11.3 Å². The molecule has 2 aromatic rings. The van der Waals surface area contributed by atoms with E-state index in [1.807, 2.05) is 18.2 Å². The summed E-state index contributed by atoms with van der Waals surface area (Å²) >= 11 is 4.56. The van der Waals surface area contributed by atoms with Gasteiger partial charge in [0, 0.05) is 6.07 Å². The van der Waals surface area contributed by atoms with E-state index in [-0.39, 0.29) is 5.91 Å². The lowest BCUT2D eigenvalue weighted by Gasteiger charge is -2.22. The van der Waals surface area contributed by atoms with Crippen molar-refractivity contribution in [3.63, 3.8) is 0 Å². The first kappa shape index (κ1) is 17.5. The molecule has 0 aliphatic rings. The zero-order valence-electron chi connectivity index (χ0n) is 12.6. The lowest BCUT2D eigenvalue weighted by molar-refractivity contribution is -0.142. The van der Waals surface area contributed by atoms with Crippen LogP contribution in [0.1, 0.15) is 28.2 Å². The molecule has 2 unspecified atom stereocenters. The second-order valence-corrected chi connectivity index (χ2v) is 7.31. The minimum absolute atomic E-state index is 0.332. The van der Waals surface area contributed by atoms with E-state index in [4.69, 9.17) is 4.74 Å². The van der Waals surface area contributed by atoms with Crippen molar-refractivity contribution < 1.29 is 19.4 Å². The summed E-state index contributed by atoms with van der Waals surface area (Å²) in [6, 6.07) is 10.1. The Balaban J connectivity index is 2.26. The van der Waals surface area contributed by atoms with Crippen LogP contribution in [0.25, 0.3) is 0 Å². The molecule has 0 saturated carbocycles. The second kappa shape index (κ2) is 7.61. The number of halogens is 1. The third kappa shape index (κ3) is 4.11. The molecule has 2 atom stereocenters. The van der Waals surface area contributed by atoms with Crippen LogP contribution in [0, 0.1) is 5.92 Å². The van der Waals surface area contributed by atoms with Crippen molar-refractivity contribution in [2.24, 2.45) is 5.92 Å². The first-order chi connectivity index (χ1) is 10.9. The molecule has 0 fully saturated rings. The summed E-state index contributed by atoms with van der Waals surface area (Å²) in [4.78, 5) is 24.3. The van der Waals surface area contributed by atoms with Gasteiger partial charge in [0.25, 0.3) is 5.91 Å². The van der Waals surface area contributed by atoms with Crippen molar-refractivity contribution in [1.82, 2.24) is 5.32 Å².